The van der Waals surface area contributed by atoms with Gasteiger partial charge in [-0.2, -0.15) is 0 Å². The largest absolute Gasteiger partial charge is 0.377 e. The highest BCUT2D eigenvalue weighted by atomic mass is 127. The Bertz CT molecular complexity index is 416. The number of amides is 1. The summed E-state index contributed by atoms with van der Waals surface area (Å²) < 4.78 is 6.72. The predicted octanol–water partition coefficient (Wildman–Crippen LogP) is 2.34. The quantitative estimate of drug-likeness (QED) is 0.805. The summed E-state index contributed by atoms with van der Waals surface area (Å²) in [4.78, 5) is 13.9. The van der Waals surface area contributed by atoms with E-state index in [9.17, 15) is 4.79 Å². The van der Waals surface area contributed by atoms with Crippen molar-refractivity contribution in [3.05, 3.63) is 27.8 Å². The van der Waals surface area contributed by atoms with E-state index >= 15 is 0 Å². The molecule has 2 rings (SSSR count). The molecule has 19 heavy (non-hydrogen) atoms. The number of rotatable bonds is 5. The Morgan fingerprint density at radius 1 is 1.47 bits per heavy atom. The minimum atomic E-state index is 0.0155. The Balaban J connectivity index is 1.75. The van der Waals surface area contributed by atoms with Gasteiger partial charge in [-0.25, -0.2) is 0 Å². The fourth-order valence-electron chi connectivity index (χ4n) is 2.18. The maximum absolute atomic E-state index is 11.9. The fourth-order valence-corrected chi connectivity index (χ4v) is 2.54. The van der Waals surface area contributed by atoms with Crippen LogP contribution in [-0.2, 0) is 9.53 Å². The number of hydrogen-bond acceptors (Lipinski definition) is 3. The summed E-state index contributed by atoms with van der Waals surface area (Å²) in [5, 5.41) is 2.90. The number of likely N-dealkylation sites (N-methyl/N-ethyl adjacent to an activating group) is 1. The van der Waals surface area contributed by atoms with Crippen LogP contribution in [-0.4, -0.2) is 43.7 Å². The molecule has 0 bridgehead atoms. The van der Waals surface area contributed by atoms with Crippen molar-refractivity contribution < 1.29 is 9.53 Å². The highest BCUT2D eigenvalue weighted by Gasteiger charge is 2.18. The first-order chi connectivity index (χ1) is 9.13. The van der Waals surface area contributed by atoms with Gasteiger partial charge in [0.25, 0.3) is 0 Å². The van der Waals surface area contributed by atoms with Crippen molar-refractivity contribution >= 4 is 34.2 Å². The molecule has 1 unspecified atom stereocenters. The van der Waals surface area contributed by atoms with Gasteiger partial charge < -0.3 is 10.1 Å². The van der Waals surface area contributed by atoms with E-state index in [-0.39, 0.29) is 12.0 Å². The molecule has 1 heterocycles. The van der Waals surface area contributed by atoms with Gasteiger partial charge in [-0.05, 0) is 66.7 Å². The second-order valence-corrected chi connectivity index (χ2v) is 6.13. The van der Waals surface area contributed by atoms with Crippen LogP contribution in [0.15, 0.2) is 24.3 Å². The fraction of sp³-hybridized carbons (Fsp3) is 0.500. The van der Waals surface area contributed by atoms with Crippen LogP contribution in [0.2, 0.25) is 0 Å². The SMILES string of the molecule is CN(CC(=O)Nc1ccc(I)cc1)CC1CCCO1. The average Bonchev–Trinajstić information content (AvgIpc) is 2.84. The molecular formula is C14H19IN2O2. The van der Waals surface area contributed by atoms with E-state index in [0.29, 0.717) is 6.54 Å². The van der Waals surface area contributed by atoms with E-state index in [4.69, 9.17) is 4.74 Å². The van der Waals surface area contributed by atoms with Crippen molar-refractivity contribution in [2.24, 2.45) is 0 Å². The van der Waals surface area contributed by atoms with Crippen LogP contribution in [0.1, 0.15) is 12.8 Å². The summed E-state index contributed by atoms with van der Waals surface area (Å²) >= 11 is 2.24. The zero-order valence-electron chi connectivity index (χ0n) is 11.1. The van der Waals surface area contributed by atoms with Gasteiger partial charge in [0, 0.05) is 22.4 Å². The summed E-state index contributed by atoms with van der Waals surface area (Å²) in [6, 6.07) is 7.79. The van der Waals surface area contributed by atoms with Crippen LogP contribution >= 0.6 is 22.6 Å². The molecular weight excluding hydrogens is 355 g/mol. The third-order valence-electron chi connectivity index (χ3n) is 3.08. The van der Waals surface area contributed by atoms with Crippen LogP contribution in [0, 0.1) is 3.57 Å². The first-order valence-corrected chi connectivity index (χ1v) is 7.57. The Labute approximate surface area is 127 Å². The molecule has 0 radical (unpaired) electrons. The lowest BCUT2D eigenvalue weighted by Crippen LogP contribution is -2.35. The van der Waals surface area contributed by atoms with Crippen molar-refractivity contribution in [1.82, 2.24) is 4.90 Å². The molecule has 0 aliphatic carbocycles. The number of carbonyl (C=O) groups is 1. The summed E-state index contributed by atoms with van der Waals surface area (Å²) in [6.07, 6.45) is 2.52. The normalized spacial score (nSPS) is 18.8. The monoisotopic (exact) mass is 374 g/mol. The molecule has 0 spiro atoms. The number of nitrogens with one attached hydrogen (secondary N) is 1. The smallest absolute Gasteiger partial charge is 0.238 e. The average molecular weight is 374 g/mol. The van der Waals surface area contributed by atoms with Gasteiger partial charge in [-0.1, -0.05) is 0 Å². The van der Waals surface area contributed by atoms with Crippen LogP contribution < -0.4 is 5.32 Å². The van der Waals surface area contributed by atoms with Gasteiger partial charge in [-0.15, -0.1) is 0 Å². The van der Waals surface area contributed by atoms with E-state index in [1.54, 1.807) is 0 Å². The van der Waals surface area contributed by atoms with Gasteiger partial charge in [-0.3, -0.25) is 9.69 Å². The molecule has 1 aromatic carbocycles. The Morgan fingerprint density at radius 2 is 2.21 bits per heavy atom. The van der Waals surface area contributed by atoms with Gasteiger partial charge in [0.2, 0.25) is 5.91 Å². The van der Waals surface area contributed by atoms with Crippen molar-refractivity contribution in [3.63, 3.8) is 0 Å². The lowest BCUT2D eigenvalue weighted by Gasteiger charge is -2.19. The van der Waals surface area contributed by atoms with Gasteiger partial charge in [0.05, 0.1) is 12.6 Å². The zero-order valence-corrected chi connectivity index (χ0v) is 13.2. The van der Waals surface area contributed by atoms with Crippen molar-refractivity contribution in [2.45, 2.75) is 18.9 Å². The summed E-state index contributed by atoms with van der Waals surface area (Å²) in [5.74, 6) is 0.0155. The Kier molecular flexibility index (Phi) is 5.59. The highest BCUT2D eigenvalue weighted by Crippen LogP contribution is 2.13. The minimum absolute atomic E-state index is 0.0155. The van der Waals surface area contributed by atoms with Gasteiger partial charge in [0.15, 0.2) is 0 Å². The lowest BCUT2D eigenvalue weighted by molar-refractivity contribution is -0.117. The molecule has 0 saturated carbocycles. The highest BCUT2D eigenvalue weighted by molar-refractivity contribution is 14.1. The number of nitrogens with zero attached hydrogens (tertiary/aromatic N) is 1. The molecule has 0 aromatic heterocycles. The molecule has 1 atom stereocenters. The van der Waals surface area contributed by atoms with Crippen molar-refractivity contribution in [1.29, 1.82) is 0 Å². The molecule has 1 amide bonds. The van der Waals surface area contributed by atoms with Crippen molar-refractivity contribution in [2.75, 3.05) is 32.1 Å². The molecule has 1 aliphatic rings. The topological polar surface area (TPSA) is 41.6 Å². The molecule has 1 N–H and O–H groups in total. The maximum Gasteiger partial charge on any atom is 0.238 e. The van der Waals surface area contributed by atoms with Crippen LogP contribution in [0.5, 0.6) is 0 Å². The summed E-state index contributed by atoms with van der Waals surface area (Å²) in [6.45, 7) is 2.07. The van der Waals surface area contributed by atoms with Crippen LogP contribution in [0.25, 0.3) is 0 Å². The zero-order chi connectivity index (χ0) is 13.7. The van der Waals surface area contributed by atoms with E-state index < -0.39 is 0 Å². The number of ether oxygens (including phenoxy) is 1. The third-order valence-corrected chi connectivity index (χ3v) is 3.80. The first-order valence-electron chi connectivity index (χ1n) is 6.49. The second kappa shape index (κ2) is 7.21. The molecule has 1 aromatic rings. The van der Waals surface area contributed by atoms with Crippen molar-refractivity contribution in [3.8, 4) is 0 Å². The van der Waals surface area contributed by atoms with Crippen LogP contribution in [0.3, 0.4) is 0 Å². The predicted molar refractivity (Wildman–Crippen MR) is 84.3 cm³/mol. The molecule has 1 aliphatic heterocycles. The lowest BCUT2D eigenvalue weighted by atomic mass is 10.2. The molecule has 1 saturated heterocycles. The first kappa shape index (κ1) is 14.7. The van der Waals surface area contributed by atoms with Crippen LogP contribution in [0.4, 0.5) is 5.69 Å². The number of benzene rings is 1. The number of halogens is 1. The van der Waals surface area contributed by atoms with Gasteiger partial charge >= 0.3 is 0 Å². The maximum atomic E-state index is 11.9. The summed E-state index contributed by atoms with van der Waals surface area (Å²) in [5.41, 5.74) is 0.843. The summed E-state index contributed by atoms with van der Waals surface area (Å²) in [7, 11) is 1.95. The standard InChI is InChI=1S/C14H19IN2O2/c1-17(9-13-3-2-8-19-13)10-14(18)16-12-6-4-11(15)5-7-12/h4-7,13H,2-3,8-10H2,1H3,(H,16,18). The Morgan fingerprint density at radius 3 is 2.84 bits per heavy atom. The number of hydrogen-bond donors (Lipinski definition) is 1. The number of carbonyl (C=O) groups excluding carboxylic acids is 1. The molecule has 4 nitrogen and oxygen atoms in total. The van der Waals surface area contributed by atoms with E-state index in [1.165, 1.54) is 0 Å². The van der Waals surface area contributed by atoms with E-state index in [2.05, 4.69) is 27.9 Å². The van der Waals surface area contributed by atoms with Gasteiger partial charge in [0.1, 0.15) is 0 Å². The van der Waals surface area contributed by atoms with E-state index in [0.717, 1.165) is 35.3 Å². The molecule has 1 fully saturated rings. The third kappa shape index (κ3) is 5.08. The number of anilines is 1. The second-order valence-electron chi connectivity index (χ2n) is 4.89. The van der Waals surface area contributed by atoms with E-state index in [1.807, 2.05) is 36.2 Å². The Hall–Kier alpha value is -0.660. The minimum Gasteiger partial charge on any atom is -0.377 e. The molecule has 104 valence electrons. The molecule has 5 heteroatoms.